The van der Waals surface area contributed by atoms with Gasteiger partial charge >= 0.3 is 0 Å². The number of amides is 2. The van der Waals surface area contributed by atoms with Crippen LogP contribution in [0, 0.1) is 11.7 Å². The molecular formula is C36H37F2N5O4S. The maximum Gasteiger partial charge on any atom is 0.251 e. The normalized spacial score (nSPS) is 19.6. The van der Waals surface area contributed by atoms with Crippen LogP contribution in [0.3, 0.4) is 0 Å². The van der Waals surface area contributed by atoms with E-state index in [-0.39, 0.29) is 36.1 Å². The van der Waals surface area contributed by atoms with Crippen molar-refractivity contribution in [3.05, 3.63) is 70.0 Å². The summed E-state index contributed by atoms with van der Waals surface area (Å²) in [5.41, 5.74) is 15.3. The molecule has 1 aliphatic heterocycles. The van der Waals surface area contributed by atoms with Crippen LogP contribution >= 0.6 is 11.3 Å². The van der Waals surface area contributed by atoms with Crippen LogP contribution in [-0.4, -0.2) is 48.6 Å². The lowest BCUT2D eigenvalue weighted by Crippen LogP contribution is -2.30. The van der Waals surface area contributed by atoms with E-state index in [1.807, 2.05) is 11.4 Å². The maximum absolute atomic E-state index is 14.6. The van der Waals surface area contributed by atoms with Crippen molar-refractivity contribution < 1.29 is 27.8 Å². The number of primary amides is 1. The summed E-state index contributed by atoms with van der Waals surface area (Å²) in [5, 5.41) is 5.92. The van der Waals surface area contributed by atoms with E-state index in [1.165, 1.54) is 23.6 Å². The van der Waals surface area contributed by atoms with Gasteiger partial charge in [0.25, 0.3) is 5.91 Å². The zero-order valence-corrected chi connectivity index (χ0v) is 27.3. The third-order valence-electron chi connectivity index (χ3n) is 9.24. The number of hydrogen-bond donors (Lipinski definition) is 3. The number of benzene rings is 2. The number of alkyl halides is 1. The molecule has 5 N–H and O–H groups in total. The van der Waals surface area contributed by atoms with Crippen LogP contribution in [0.15, 0.2) is 46.8 Å². The minimum atomic E-state index is -1.53. The summed E-state index contributed by atoms with van der Waals surface area (Å²) in [4.78, 5) is 31.4. The number of thiophene rings is 1. The van der Waals surface area contributed by atoms with Crippen LogP contribution in [0.2, 0.25) is 0 Å². The van der Waals surface area contributed by atoms with Crippen molar-refractivity contribution in [2.24, 2.45) is 16.6 Å². The highest BCUT2D eigenvalue weighted by molar-refractivity contribution is 7.17. The number of nitrogens with zero attached hydrogens (tertiary/aromatic N) is 2. The molecule has 2 aromatic carbocycles. The third kappa shape index (κ3) is 6.58. The molecule has 48 heavy (non-hydrogen) atoms. The molecule has 12 heteroatoms. The molecule has 9 nitrogen and oxygen atoms in total. The summed E-state index contributed by atoms with van der Waals surface area (Å²) in [6, 6.07) is 10.6. The number of ether oxygens (including phenoxy) is 2. The van der Waals surface area contributed by atoms with Crippen LogP contribution in [-0.2, 0) is 4.79 Å². The predicted molar refractivity (Wildman–Crippen MR) is 182 cm³/mol. The van der Waals surface area contributed by atoms with Crippen molar-refractivity contribution >= 4 is 45.6 Å². The van der Waals surface area contributed by atoms with Crippen LogP contribution in [0.25, 0.3) is 21.3 Å². The largest absolute Gasteiger partial charge is 0.490 e. The number of nitrogens with two attached hydrogens (primary N) is 2. The van der Waals surface area contributed by atoms with Crippen molar-refractivity contribution in [3.8, 4) is 22.8 Å². The number of carbonyl (C=O) groups excluding carboxylic acids is 2. The molecule has 0 spiro atoms. The first-order valence-corrected chi connectivity index (χ1v) is 17.2. The minimum absolute atomic E-state index is 0.00861. The number of nitrogen functional groups attached to an aromatic ring is 1. The van der Waals surface area contributed by atoms with E-state index < -0.39 is 5.79 Å². The molecule has 3 fully saturated rings. The molecular weight excluding hydrogens is 636 g/mol. The lowest BCUT2D eigenvalue weighted by molar-refractivity contribution is -0.106. The lowest BCUT2D eigenvalue weighted by Gasteiger charge is -2.20. The molecule has 250 valence electrons. The lowest BCUT2D eigenvalue weighted by atomic mass is 9.93. The van der Waals surface area contributed by atoms with Gasteiger partial charge in [-0.15, -0.1) is 11.3 Å². The molecule has 8 rings (SSSR count). The van der Waals surface area contributed by atoms with Gasteiger partial charge in [-0.25, -0.2) is 13.8 Å². The maximum atomic E-state index is 14.6. The Bertz CT molecular complexity index is 1920. The average Bonchev–Trinajstić information content (AvgIpc) is 4.02. The van der Waals surface area contributed by atoms with Crippen LogP contribution in [0.4, 0.5) is 14.5 Å². The van der Waals surface area contributed by atoms with E-state index in [1.54, 1.807) is 18.2 Å². The van der Waals surface area contributed by atoms with E-state index in [9.17, 15) is 13.6 Å². The monoisotopic (exact) mass is 673 g/mol. The second-order valence-electron chi connectivity index (χ2n) is 13.1. The van der Waals surface area contributed by atoms with Gasteiger partial charge in [-0.1, -0.05) is 19.1 Å². The first-order valence-electron chi connectivity index (χ1n) is 16.3. The molecule has 4 aliphatic rings. The standard InChI is InChI=1S/C35H34F2N4O3S.CH3NO/c1-18-16-43-32-24(18)13-28(41-31(32)26-17-45-33-23(26)3-2-4-27(33)36)25(19-5-6-19)15-39-34(42)20-11-21(14-40-35(37)9-10-35)30(38)29(12-20)44-22-7-8-22;2-1-3/h2-4,11-14,17-19,22,25H,5-10,15-16,38H2,1H3,(H,39,42);1H,(H2,2,3)/b40-14+;. The number of pyridine rings is 1. The molecule has 3 aliphatic carbocycles. The van der Waals surface area contributed by atoms with Crippen LogP contribution in [0.5, 0.6) is 11.5 Å². The summed E-state index contributed by atoms with van der Waals surface area (Å²) in [6.45, 7) is 3.09. The molecule has 2 aromatic heterocycles. The molecule has 4 aromatic rings. The van der Waals surface area contributed by atoms with Gasteiger partial charge in [0.05, 0.1) is 23.1 Å². The zero-order valence-electron chi connectivity index (χ0n) is 26.5. The number of anilines is 1. The van der Waals surface area contributed by atoms with E-state index in [0.29, 0.717) is 59.2 Å². The van der Waals surface area contributed by atoms with Crippen LogP contribution in [0.1, 0.15) is 84.5 Å². The number of nitrogens with one attached hydrogen (secondary N) is 1. The molecule has 2 amide bonds. The van der Waals surface area contributed by atoms with Gasteiger partial charge in [0.2, 0.25) is 6.41 Å². The number of aromatic nitrogens is 1. The Hall–Kier alpha value is -4.58. The fourth-order valence-corrected chi connectivity index (χ4v) is 7.01. The van der Waals surface area contributed by atoms with Gasteiger partial charge in [0.15, 0.2) is 5.79 Å². The Morgan fingerprint density at radius 2 is 2.02 bits per heavy atom. The van der Waals surface area contributed by atoms with Crippen molar-refractivity contribution in [2.75, 3.05) is 18.9 Å². The van der Waals surface area contributed by atoms with Gasteiger partial charge in [0.1, 0.15) is 23.0 Å². The van der Waals surface area contributed by atoms with Crippen molar-refractivity contribution in [1.29, 1.82) is 0 Å². The van der Waals surface area contributed by atoms with Crippen molar-refractivity contribution in [1.82, 2.24) is 10.3 Å². The van der Waals surface area contributed by atoms with Crippen LogP contribution < -0.4 is 26.3 Å². The average molecular weight is 674 g/mol. The highest BCUT2D eigenvalue weighted by atomic mass is 32.1. The predicted octanol–water partition coefficient (Wildman–Crippen LogP) is 6.63. The SMILES string of the molecule is CC1COc2c1cc(C(CNC(=O)c1cc(/C=N/C3(F)CC3)c(N)c(OC3CC3)c1)C1CC1)nc2-c1csc2c(F)cccc12.NC=O. The van der Waals surface area contributed by atoms with Gasteiger partial charge in [-0.05, 0) is 55.9 Å². The summed E-state index contributed by atoms with van der Waals surface area (Å²) in [6.07, 6.45) is 6.51. The van der Waals surface area contributed by atoms with Crippen molar-refractivity contribution in [3.63, 3.8) is 0 Å². The zero-order chi connectivity index (χ0) is 33.6. The topological polar surface area (TPSA) is 142 Å². The summed E-state index contributed by atoms with van der Waals surface area (Å²) in [5.74, 6) is -0.297. The number of halogens is 2. The summed E-state index contributed by atoms with van der Waals surface area (Å²) >= 11 is 1.37. The Labute approximate surface area is 280 Å². The second kappa shape index (κ2) is 12.8. The minimum Gasteiger partial charge on any atom is -0.490 e. The smallest absolute Gasteiger partial charge is 0.251 e. The number of hydrogen-bond acceptors (Lipinski definition) is 8. The first-order chi connectivity index (χ1) is 23.2. The molecule has 3 saturated carbocycles. The number of carbonyl (C=O) groups is 2. The highest BCUT2D eigenvalue weighted by Crippen LogP contribution is 2.48. The fraction of sp³-hybridized carbons (Fsp3) is 0.389. The third-order valence-corrected chi connectivity index (χ3v) is 10.2. The molecule has 3 heterocycles. The number of aliphatic imine (C=N–C) groups is 1. The molecule has 0 bridgehead atoms. The molecule has 2 atom stereocenters. The number of rotatable bonds is 10. The molecule has 2 unspecified atom stereocenters. The van der Waals surface area contributed by atoms with E-state index >= 15 is 0 Å². The Morgan fingerprint density at radius 1 is 1.25 bits per heavy atom. The van der Waals surface area contributed by atoms with Gasteiger partial charge < -0.3 is 26.3 Å². The molecule has 0 saturated heterocycles. The number of fused-ring (bicyclic) bond motifs is 2. The van der Waals surface area contributed by atoms with Gasteiger partial charge in [-0.2, -0.15) is 0 Å². The molecule has 0 radical (unpaired) electrons. The Morgan fingerprint density at radius 3 is 2.73 bits per heavy atom. The van der Waals surface area contributed by atoms with Gasteiger partial charge in [0, 0.05) is 76.2 Å². The first kappa shape index (κ1) is 32.0. The summed E-state index contributed by atoms with van der Waals surface area (Å²) < 4.78 is 41.6. The van der Waals surface area contributed by atoms with Gasteiger partial charge in [-0.3, -0.25) is 14.6 Å². The Kier molecular flexibility index (Phi) is 8.53. The van der Waals surface area contributed by atoms with E-state index in [2.05, 4.69) is 29.0 Å². The van der Waals surface area contributed by atoms with E-state index in [0.717, 1.165) is 59.3 Å². The summed E-state index contributed by atoms with van der Waals surface area (Å²) in [7, 11) is 0. The quantitative estimate of drug-likeness (QED) is 0.0747. The van der Waals surface area contributed by atoms with E-state index in [4.69, 9.17) is 25.0 Å². The second-order valence-corrected chi connectivity index (χ2v) is 13.9. The van der Waals surface area contributed by atoms with Crippen molar-refractivity contribution in [2.45, 2.75) is 69.2 Å². The highest BCUT2D eigenvalue weighted by Gasteiger charge is 2.42. The fourth-order valence-electron chi connectivity index (χ4n) is 6.05. The Balaban J connectivity index is 0.00000117.